The van der Waals surface area contributed by atoms with E-state index in [9.17, 15) is 9.90 Å². The van der Waals surface area contributed by atoms with Gasteiger partial charge in [0.1, 0.15) is 12.4 Å². The predicted molar refractivity (Wildman–Crippen MR) is 60.4 cm³/mol. The molecule has 0 aliphatic carbocycles. The molecule has 0 bridgehead atoms. The van der Waals surface area contributed by atoms with Gasteiger partial charge in [0.2, 0.25) is 0 Å². The van der Waals surface area contributed by atoms with Gasteiger partial charge in [-0.25, -0.2) is 0 Å². The molecular formula is C13H15KO3. The van der Waals surface area contributed by atoms with Gasteiger partial charge in [-0.2, -0.15) is 0 Å². The first kappa shape index (κ1) is 16.9. The van der Waals surface area contributed by atoms with Crippen molar-refractivity contribution in [2.45, 2.75) is 20.3 Å². The molecule has 0 aliphatic rings. The molecule has 0 N–H and O–H groups in total. The van der Waals surface area contributed by atoms with Crippen LogP contribution in [0.1, 0.15) is 29.3 Å². The average molecular weight is 258 g/mol. The average Bonchev–Trinajstić information content (AvgIpc) is 2.26. The van der Waals surface area contributed by atoms with Crippen molar-refractivity contribution in [2.75, 3.05) is 6.61 Å². The van der Waals surface area contributed by atoms with Crippen LogP contribution in [0.15, 0.2) is 30.4 Å². The van der Waals surface area contributed by atoms with Crippen LogP contribution in [0.3, 0.4) is 0 Å². The summed E-state index contributed by atoms with van der Waals surface area (Å²) >= 11 is 0. The van der Waals surface area contributed by atoms with E-state index in [1.807, 2.05) is 19.1 Å². The van der Waals surface area contributed by atoms with Crippen LogP contribution in [-0.4, -0.2) is 12.6 Å². The molecule has 0 saturated heterocycles. The number of benzene rings is 1. The minimum absolute atomic E-state index is 0. The molecule has 0 atom stereocenters. The van der Waals surface area contributed by atoms with E-state index in [1.54, 1.807) is 19.1 Å². The van der Waals surface area contributed by atoms with E-state index >= 15 is 0 Å². The van der Waals surface area contributed by atoms with Gasteiger partial charge in [-0.1, -0.05) is 31.2 Å². The fourth-order valence-electron chi connectivity index (χ4n) is 1.36. The molecule has 17 heavy (non-hydrogen) atoms. The first-order valence-corrected chi connectivity index (χ1v) is 5.25. The molecule has 0 aromatic heterocycles. The number of hydrogen-bond acceptors (Lipinski definition) is 3. The van der Waals surface area contributed by atoms with Crippen LogP contribution in [-0.2, 0) is 0 Å². The number of carboxylic acid groups (broad SMARTS) is 1. The molecule has 3 nitrogen and oxygen atoms in total. The van der Waals surface area contributed by atoms with Crippen molar-refractivity contribution < 1.29 is 66.0 Å². The smallest absolute Gasteiger partial charge is 0.545 e. The van der Waals surface area contributed by atoms with Crippen molar-refractivity contribution in [3.8, 4) is 5.75 Å². The summed E-state index contributed by atoms with van der Waals surface area (Å²) in [6, 6.07) is 4.91. The Morgan fingerprint density at radius 1 is 1.41 bits per heavy atom. The molecule has 86 valence electrons. The Bertz CT molecular complexity index is 400. The minimum Gasteiger partial charge on any atom is -0.545 e. The van der Waals surface area contributed by atoms with Crippen LogP contribution in [0.2, 0.25) is 0 Å². The summed E-state index contributed by atoms with van der Waals surface area (Å²) in [6.07, 6.45) is 4.87. The molecule has 1 rings (SSSR count). The van der Waals surface area contributed by atoms with Crippen LogP contribution < -0.4 is 61.2 Å². The molecule has 0 fully saturated rings. The second kappa shape index (κ2) is 8.88. The third-order valence-electron chi connectivity index (χ3n) is 2.24. The molecule has 0 saturated carbocycles. The number of carbonyl (C=O) groups excluding carboxylic acids is 1. The first-order chi connectivity index (χ1) is 7.66. The summed E-state index contributed by atoms with van der Waals surface area (Å²) < 4.78 is 5.45. The maximum absolute atomic E-state index is 10.8. The van der Waals surface area contributed by atoms with Gasteiger partial charge in [-0.3, -0.25) is 0 Å². The SMILES string of the molecule is CC/C=C\COc1cccc(C(=O)[O-])c1C.[K+]. The largest absolute Gasteiger partial charge is 1.00 e. The van der Waals surface area contributed by atoms with Crippen LogP contribution in [0.4, 0.5) is 0 Å². The monoisotopic (exact) mass is 258 g/mol. The van der Waals surface area contributed by atoms with Crippen molar-refractivity contribution >= 4 is 5.97 Å². The standard InChI is InChI=1S/C13H16O3.K/c1-3-4-5-9-16-12-8-6-7-11(10(12)2)13(14)15;/h4-8H,3,9H2,1-2H3,(H,14,15);/q;+1/p-1/b5-4-;. The number of hydrogen-bond donors (Lipinski definition) is 0. The van der Waals surface area contributed by atoms with E-state index < -0.39 is 5.97 Å². The number of carbonyl (C=O) groups is 1. The van der Waals surface area contributed by atoms with Crippen molar-refractivity contribution in [3.63, 3.8) is 0 Å². The van der Waals surface area contributed by atoms with Crippen LogP contribution in [0.5, 0.6) is 5.75 Å². The van der Waals surface area contributed by atoms with Crippen LogP contribution >= 0.6 is 0 Å². The Morgan fingerprint density at radius 3 is 2.71 bits per heavy atom. The van der Waals surface area contributed by atoms with E-state index in [1.165, 1.54) is 6.07 Å². The number of ether oxygens (including phenoxy) is 1. The van der Waals surface area contributed by atoms with Gasteiger partial charge in [-0.15, -0.1) is 0 Å². The molecule has 4 heteroatoms. The quantitative estimate of drug-likeness (QED) is 0.488. The van der Waals surface area contributed by atoms with E-state index in [-0.39, 0.29) is 56.9 Å². The Balaban J connectivity index is 0.00000256. The molecule has 0 heterocycles. The summed E-state index contributed by atoms with van der Waals surface area (Å²) in [5.74, 6) is -0.588. The zero-order valence-corrected chi connectivity index (χ0v) is 13.6. The van der Waals surface area contributed by atoms with Gasteiger partial charge in [-0.05, 0) is 19.4 Å². The fraction of sp³-hybridized carbons (Fsp3) is 0.308. The Hall–Kier alpha value is -0.134. The molecule has 1 aromatic carbocycles. The molecule has 0 amide bonds. The molecule has 1 aromatic rings. The molecule has 0 aliphatic heterocycles. The summed E-state index contributed by atoms with van der Waals surface area (Å²) in [5, 5.41) is 10.8. The maximum atomic E-state index is 10.8. The predicted octanol–water partition coefficient (Wildman–Crippen LogP) is -1.29. The Kier molecular flexibility index (Phi) is 8.82. The third kappa shape index (κ3) is 5.36. The normalized spacial score (nSPS) is 10.0. The molecule has 0 radical (unpaired) electrons. The second-order valence-electron chi connectivity index (χ2n) is 3.41. The van der Waals surface area contributed by atoms with E-state index in [4.69, 9.17) is 4.74 Å². The van der Waals surface area contributed by atoms with Crippen molar-refractivity contribution in [1.82, 2.24) is 0 Å². The van der Waals surface area contributed by atoms with Gasteiger partial charge in [0.05, 0.1) is 5.97 Å². The van der Waals surface area contributed by atoms with Crippen molar-refractivity contribution in [2.24, 2.45) is 0 Å². The maximum Gasteiger partial charge on any atom is 1.00 e. The number of carboxylic acids is 1. The van der Waals surface area contributed by atoms with Gasteiger partial charge in [0, 0.05) is 11.1 Å². The number of rotatable bonds is 5. The zero-order valence-electron chi connectivity index (χ0n) is 10.5. The first-order valence-electron chi connectivity index (χ1n) is 5.25. The molecule has 0 unspecified atom stereocenters. The van der Waals surface area contributed by atoms with Crippen LogP contribution in [0, 0.1) is 6.92 Å². The van der Waals surface area contributed by atoms with Crippen molar-refractivity contribution in [3.05, 3.63) is 41.5 Å². The van der Waals surface area contributed by atoms with Gasteiger partial charge in [0.15, 0.2) is 0 Å². The van der Waals surface area contributed by atoms with E-state index in [0.717, 1.165) is 6.42 Å². The topological polar surface area (TPSA) is 49.4 Å². The number of allylic oxidation sites excluding steroid dienone is 1. The van der Waals surface area contributed by atoms with Gasteiger partial charge in [0.25, 0.3) is 0 Å². The fourth-order valence-corrected chi connectivity index (χ4v) is 1.36. The zero-order chi connectivity index (χ0) is 12.0. The van der Waals surface area contributed by atoms with Crippen molar-refractivity contribution in [1.29, 1.82) is 0 Å². The third-order valence-corrected chi connectivity index (χ3v) is 2.24. The Labute approximate surface area is 144 Å². The molecular weight excluding hydrogens is 243 g/mol. The summed E-state index contributed by atoms with van der Waals surface area (Å²) in [5.41, 5.74) is 0.782. The van der Waals surface area contributed by atoms with Gasteiger partial charge < -0.3 is 14.6 Å². The van der Waals surface area contributed by atoms with E-state index in [2.05, 4.69) is 0 Å². The minimum atomic E-state index is -1.17. The van der Waals surface area contributed by atoms with Crippen LogP contribution in [0.25, 0.3) is 0 Å². The Morgan fingerprint density at radius 2 is 2.12 bits per heavy atom. The number of aromatic carboxylic acids is 1. The molecule has 0 spiro atoms. The summed E-state index contributed by atoms with van der Waals surface area (Å²) in [6.45, 7) is 4.20. The second-order valence-corrected chi connectivity index (χ2v) is 3.41. The van der Waals surface area contributed by atoms with Gasteiger partial charge >= 0.3 is 51.4 Å². The van der Waals surface area contributed by atoms with E-state index in [0.29, 0.717) is 17.9 Å². The summed E-state index contributed by atoms with van der Waals surface area (Å²) in [7, 11) is 0. The summed E-state index contributed by atoms with van der Waals surface area (Å²) in [4.78, 5) is 10.8.